The van der Waals surface area contributed by atoms with Gasteiger partial charge < -0.3 is 15.5 Å². The molecule has 228 valence electrons. The highest BCUT2D eigenvalue weighted by Crippen LogP contribution is 2.44. The lowest BCUT2D eigenvalue weighted by Gasteiger charge is -2.19. The standard InChI is InChI=1S/C34H32FN7O2S/c1-19(2)16-26-28(32(36)43)30(27-17-22-13-15-38-33(31(22)45-27)39-18-24-6-4-5-14-37-24)29(34-42-41-20(3)44-34)25(40-26)12-9-21-7-10-23(35)11-8-21/h4-8,10-11,13-15,17,19H,9,12,16,18H2,1-3H3,(H2,36,43)(H,38,39). The first-order chi connectivity index (χ1) is 21.8. The largest absolute Gasteiger partial charge is 0.421 e. The van der Waals surface area contributed by atoms with Crippen LogP contribution in [0.15, 0.2) is 71.4 Å². The Balaban J connectivity index is 1.54. The summed E-state index contributed by atoms with van der Waals surface area (Å²) in [6.45, 7) is 6.36. The summed E-state index contributed by atoms with van der Waals surface area (Å²) < 4.78 is 20.5. The molecule has 3 N–H and O–H groups in total. The van der Waals surface area contributed by atoms with Crippen molar-refractivity contribution in [1.82, 2.24) is 25.1 Å². The minimum atomic E-state index is -0.584. The zero-order chi connectivity index (χ0) is 31.5. The molecule has 6 aromatic rings. The summed E-state index contributed by atoms with van der Waals surface area (Å²) in [5.41, 5.74) is 10.8. The van der Waals surface area contributed by atoms with Gasteiger partial charge >= 0.3 is 0 Å². The topological polar surface area (TPSA) is 133 Å². The summed E-state index contributed by atoms with van der Waals surface area (Å²) in [4.78, 5) is 28.2. The molecule has 9 nitrogen and oxygen atoms in total. The number of fused-ring (bicyclic) bond motifs is 1. The van der Waals surface area contributed by atoms with Gasteiger partial charge in [-0.1, -0.05) is 32.0 Å². The number of nitrogens with two attached hydrogens (primary N) is 1. The lowest BCUT2D eigenvalue weighted by atomic mass is 9.91. The van der Waals surface area contributed by atoms with Crippen LogP contribution in [0, 0.1) is 18.7 Å². The molecule has 0 fully saturated rings. The average Bonchev–Trinajstić information content (AvgIpc) is 3.66. The Morgan fingerprint density at radius 1 is 1.00 bits per heavy atom. The van der Waals surface area contributed by atoms with E-state index in [1.165, 1.54) is 23.5 Å². The van der Waals surface area contributed by atoms with Gasteiger partial charge in [0.15, 0.2) is 0 Å². The van der Waals surface area contributed by atoms with Gasteiger partial charge in [-0.2, -0.15) is 0 Å². The van der Waals surface area contributed by atoms with Gasteiger partial charge in [-0.3, -0.25) is 14.8 Å². The second kappa shape index (κ2) is 12.9. The van der Waals surface area contributed by atoms with Gasteiger partial charge in [-0.25, -0.2) is 9.37 Å². The molecule has 0 aliphatic carbocycles. The number of aromatic nitrogens is 5. The van der Waals surface area contributed by atoms with Gasteiger partial charge in [0, 0.05) is 29.8 Å². The van der Waals surface area contributed by atoms with E-state index in [4.69, 9.17) is 15.1 Å². The number of benzene rings is 1. The highest BCUT2D eigenvalue weighted by molar-refractivity contribution is 7.23. The minimum Gasteiger partial charge on any atom is -0.421 e. The zero-order valence-electron chi connectivity index (χ0n) is 25.2. The normalized spacial score (nSPS) is 11.4. The number of hydrogen-bond donors (Lipinski definition) is 2. The van der Waals surface area contributed by atoms with Crippen molar-refractivity contribution in [2.24, 2.45) is 11.7 Å². The number of hydrogen-bond acceptors (Lipinski definition) is 9. The molecule has 45 heavy (non-hydrogen) atoms. The number of anilines is 1. The number of carbonyl (C=O) groups excluding carboxylic acids is 1. The monoisotopic (exact) mass is 621 g/mol. The molecule has 0 atom stereocenters. The van der Waals surface area contributed by atoms with Crippen LogP contribution in [0.2, 0.25) is 0 Å². The predicted molar refractivity (Wildman–Crippen MR) is 173 cm³/mol. The van der Waals surface area contributed by atoms with E-state index in [-0.39, 0.29) is 17.6 Å². The van der Waals surface area contributed by atoms with Crippen molar-refractivity contribution < 1.29 is 13.6 Å². The van der Waals surface area contributed by atoms with Crippen molar-refractivity contribution in [1.29, 1.82) is 0 Å². The van der Waals surface area contributed by atoms with Crippen molar-refractivity contribution in [3.05, 3.63) is 107 Å². The van der Waals surface area contributed by atoms with E-state index >= 15 is 0 Å². The molecule has 0 bridgehead atoms. The Kier molecular flexibility index (Phi) is 8.61. The van der Waals surface area contributed by atoms with Crippen LogP contribution in [-0.4, -0.2) is 31.1 Å². The van der Waals surface area contributed by atoms with Gasteiger partial charge in [0.05, 0.1) is 39.5 Å². The molecule has 0 spiro atoms. The van der Waals surface area contributed by atoms with Crippen LogP contribution in [-0.2, 0) is 25.8 Å². The number of halogens is 1. The van der Waals surface area contributed by atoms with Crippen LogP contribution in [0.5, 0.6) is 0 Å². The third kappa shape index (κ3) is 6.58. The maximum absolute atomic E-state index is 13.6. The average molecular weight is 622 g/mol. The van der Waals surface area contributed by atoms with Gasteiger partial charge in [0.2, 0.25) is 11.8 Å². The number of nitrogens with zero attached hydrogens (tertiary/aromatic N) is 5. The Labute approximate surface area is 263 Å². The Morgan fingerprint density at radius 3 is 2.51 bits per heavy atom. The van der Waals surface area contributed by atoms with E-state index in [1.807, 2.05) is 30.3 Å². The Hall–Kier alpha value is -5.03. The number of primary amides is 1. The van der Waals surface area contributed by atoms with E-state index < -0.39 is 5.91 Å². The number of carbonyl (C=O) groups is 1. The van der Waals surface area contributed by atoms with Gasteiger partial charge in [-0.05, 0) is 72.5 Å². The first-order valence-electron chi connectivity index (χ1n) is 14.7. The second-order valence-corrected chi connectivity index (χ2v) is 12.3. The molecular weight excluding hydrogens is 589 g/mol. The van der Waals surface area contributed by atoms with Crippen LogP contribution in [0.4, 0.5) is 10.2 Å². The molecule has 0 saturated carbocycles. The van der Waals surface area contributed by atoms with E-state index in [2.05, 4.69) is 39.3 Å². The molecule has 6 rings (SSSR count). The van der Waals surface area contributed by atoms with Gasteiger partial charge in [-0.15, -0.1) is 21.5 Å². The molecule has 1 amide bonds. The maximum Gasteiger partial charge on any atom is 0.251 e. The quantitative estimate of drug-likeness (QED) is 0.159. The summed E-state index contributed by atoms with van der Waals surface area (Å²) in [7, 11) is 0. The number of amides is 1. The lowest BCUT2D eigenvalue weighted by molar-refractivity contribution is 0.0999. The van der Waals surface area contributed by atoms with Crippen molar-refractivity contribution in [2.45, 2.75) is 46.6 Å². The third-order valence-corrected chi connectivity index (χ3v) is 8.52. The first-order valence-corrected chi connectivity index (χ1v) is 15.5. The molecule has 5 aromatic heterocycles. The van der Waals surface area contributed by atoms with Crippen LogP contribution < -0.4 is 11.1 Å². The van der Waals surface area contributed by atoms with Crippen molar-refractivity contribution in [3.63, 3.8) is 0 Å². The fourth-order valence-electron chi connectivity index (χ4n) is 5.35. The number of nitrogens with one attached hydrogen (secondary N) is 1. The molecular formula is C34H32FN7O2S. The number of thiophene rings is 1. The molecule has 5 heterocycles. The van der Waals surface area contributed by atoms with Crippen LogP contribution in [0.3, 0.4) is 0 Å². The highest BCUT2D eigenvalue weighted by atomic mass is 32.1. The summed E-state index contributed by atoms with van der Waals surface area (Å²) in [6, 6.07) is 16.2. The highest BCUT2D eigenvalue weighted by Gasteiger charge is 2.29. The van der Waals surface area contributed by atoms with E-state index in [9.17, 15) is 9.18 Å². The van der Waals surface area contributed by atoms with Crippen LogP contribution in [0.25, 0.3) is 32.0 Å². The maximum atomic E-state index is 13.6. The smallest absolute Gasteiger partial charge is 0.251 e. The summed E-state index contributed by atoms with van der Waals surface area (Å²) >= 11 is 1.50. The third-order valence-electron chi connectivity index (χ3n) is 7.34. The molecule has 0 unspecified atom stereocenters. The molecule has 1 aromatic carbocycles. The minimum absolute atomic E-state index is 0.207. The summed E-state index contributed by atoms with van der Waals surface area (Å²) in [6.07, 6.45) is 5.12. The molecule has 0 radical (unpaired) electrons. The van der Waals surface area contributed by atoms with E-state index in [0.717, 1.165) is 26.2 Å². The van der Waals surface area contributed by atoms with Gasteiger partial charge in [0.1, 0.15) is 11.6 Å². The van der Waals surface area contributed by atoms with E-state index in [1.54, 1.807) is 31.5 Å². The first kappa shape index (κ1) is 30.0. The zero-order valence-corrected chi connectivity index (χ0v) is 26.0. The van der Waals surface area contributed by atoms with Gasteiger partial charge in [0.25, 0.3) is 5.91 Å². The van der Waals surface area contributed by atoms with Crippen molar-refractivity contribution >= 4 is 33.1 Å². The molecule has 11 heteroatoms. The number of rotatable bonds is 11. The fourth-order valence-corrected chi connectivity index (χ4v) is 6.53. The summed E-state index contributed by atoms with van der Waals surface area (Å²) in [5, 5.41) is 12.8. The number of pyridine rings is 3. The molecule has 0 saturated heterocycles. The molecule has 0 aliphatic rings. The molecule has 0 aliphatic heterocycles. The summed E-state index contributed by atoms with van der Waals surface area (Å²) in [5.74, 6) is 0.678. The van der Waals surface area contributed by atoms with Crippen LogP contribution in [0.1, 0.15) is 52.7 Å². The van der Waals surface area contributed by atoms with Crippen LogP contribution >= 0.6 is 11.3 Å². The number of aryl methyl sites for hydroxylation is 3. The van der Waals surface area contributed by atoms with E-state index in [0.29, 0.717) is 65.6 Å². The van der Waals surface area contributed by atoms with Crippen molar-refractivity contribution in [2.75, 3.05) is 5.32 Å². The second-order valence-electron chi connectivity index (χ2n) is 11.2. The predicted octanol–water partition coefficient (Wildman–Crippen LogP) is 6.95. The van der Waals surface area contributed by atoms with Crippen molar-refractivity contribution in [3.8, 4) is 21.9 Å². The SMILES string of the molecule is Cc1nnc(-c2c(CCc3ccc(F)cc3)nc(CC(C)C)c(C(N)=O)c2-c2cc3ccnc(NCc4ccccn4)c3s2)o1. The fraction of sp³-hybridized carbons (Fsp3) is 0.235. The Bertz CT molecular complexity index is 1970. The Morgan fingerprint density at radius 2 is 1.82 bits per heavy atom. The lowest BCUT2D eigenvalue weighted by Crippen LogP contribution is -2.20.